The van der Waals surface area contributed by atoms with Gasteiger partial charge in [0.15, 0.2) is 10.2 Å². The van der Waals surface area contributed by atoms with Crippen molar-refractivity contribution in [3.05, 3.63) is 0 Å². The van der Waals surface area contributed by atoms with Crippen LogP contribution in [0.15, 0.2) is 9.39 Å². The molecule has 2 rings (SSSR count). The van der Waals surface area contributed by atoms with Crippen LogP contribution < -0.4 is 0 Å². The maximum absolute atomic E-state index is 5.76. The molecule has 0 fully saturated rings. The highest BCUT2D eigenvalue weighted by atomic mass is 35.5. The van der Waals surface area contributed by atoms with E-state index in [1.54, 1.807) is 0 Å². The van der Waals surface area contributed by atoms with Crippen LogP contribution in [0.4, 0.5) is 0 Å². The van der Waals surface area contributed by atoms with E-state index in [9.17, 15) is 0 Å². The molecular weight excluding hydrogens is 239 g/mol. The molecule has 0 aromatic rings. The Balaban J connectivity index is 2.14. The van der Waals surface area contributed by atoms with Gasteiger partial charge < -0.3 is 4.18 Å². The number of hydrogen-bond donors (Lipinski definition) is 0. The van der Waals surface area contributed by atoms with Crippen molar-refractivity contribution in [2.75, 3.05) is 5.88 Å². The first-order valence-corrected chi connectivity index (χ1v) is 6.51. The fourth-order valence-electron chi connectivity index (χ4n) is 0.745. The largest absolute Gasteiger partial charge is 0.404 e. The molecule has 0 saturated heterocycles. The Hall–Kier alpha value is 0.290. The van der Waals surface area contributed by atoms with Gasteiger partial charge in [-0.05, 0) is 0 Å². The first kappa shape index (κ1) is 8.87. The Morgan fingerprint density at radius 3 is 3.08 bits per heavy atom. The molecule has 3 nitrogen and oxygen atoms in total. The number of rotatable bonds is 2. The zero-order valence-electron chi connectivity index (χ0n) is 5.79. The lowest BCUT2D eigenvalue weighted by Crippen LogP contribution is -2.01. The summed E-state index contributed by atoms with van der Waals surface area (Å²) < 4.78 is 9.34. The molecule has 0 aromatic heterocycles. The lowest BCUT2D eigenvalue weighted by atomic mass is 10.5. The van der Waals surface area contributed by atoms with Crippen LogP contribution in [-0.2, 0) is 4.18 Å². The smallest absolute Gasteiger partial charge is 0.206 e. The van der Waals surface area contributed by atoms with E-state index in [-0.39, 0.29) is 0 Å². The number of alkyl halides is 1. The Labute approximate surface area is 85.9 Å². The summed E-state index contributed by atoms with van der Waals surface area (Å²) in [4.78, 5) is 4.93. The molecule has 2 aliphatic rings. The first-order chi connectivity index (χ1) is 5.81. The number of hydrogen-bond acceptors (Lipinski definition) is 4. The lowest BCUT2D eigenvalue weighted by molar-refractivity contribution is 0.639. The van der Waals surface area contributed by atoms with E-state index in [2.05, 4.69) is 9.39 Å². The van der Waals surface area contributed by atoms with E-state index in [1.165, 1.54) is 11.0 Å². The highest BCUT2D eigenvalue weighted by Gasteiger charge is 2.27. The minimum atomic E-state index is -0.394. The fourth-order valence-corrected chi connectivity index (χ4v) is 3.95. The molecule has 0 radical (unpaired) electrons. The summed E-state index contributed by atoms with van der Waals surface area (Å²) >= 11 is 11.3. The summed E-state index contributed by atoms with van der Waals surface area (Å²) in [6, 6.07) is 0. The monoisotopic (exact) mass is 242 g/mol. The second-order valence-corrected chi connectivity index (χ2v) is 5.47. The van der Waals surface area contributed by atoms with E-state index in [0.717, 1.165) is 4.99 Å². The summed E-state index contributed by atoms with van der Waals surface area (Å²) in [5, 5.41) is 0.452. The molecule has 1 atom stereocenters. The molecule has 12 heavy (non-hydrogen) atoms. The average molecular weight is 243 g/mol. The van der Waals surface area contributed by atoms with Gasteiger partial charge in [-0.25, -0.2) is 4.99 Å². The third kappa shape index (κ3) is 1.51. The second kappa shape index (κ2) is 3.57. The lowest BCUT2D eigenvalue weighted by Gasteiger charge is -1.98. The number of nitrogens with zero attached hydrogens (tertiary/aromatic N) is 2. The van der Waals surface area contributed by atoms with E-state index in [1.807, 2.05) is 0 Å². The van der Waals surface area contributed by atoms with Crippen molar-refractivity contribution < 1.29 is 4.18 Å². The van der Waals surface area contributed by atoms with Gasteiger partial charge in [-0.15, -0.1) is 11.6 Å². The molecule has 1 unspecified atom stereocenters. The molecule has 2 heterocycles. The third-order valence-electron chi connectivity index (χ3n) is 1.23. The molecule has 0 aromatic carbocycles. The summed E-state index contributed by atoms with van der Waals surface area (Å²) in [5.74, 6) is 1.19. The van der Waals surface area contributed by atoms with Gasteiger partial charge in [0.1, 0.15) is 9.80 Å². The van der Waals surface area contributed by atoms with E-state index in [4.69, 9.17) is 27.4 Å². The maximum atomic E-state index is 5.76. The summed E-state index contributed by atoms with van der Waals surface area (Å²) in [6.07, 6.45) is 0.652. The van der Waals surface area contributed by atoms with Crippen molar-refractivity contribution in [2.24, 2.45) is 9.39 Å². The predicted molar refractivity (Wildman–Crippen MR) is 57.3 cm³/mol. The van der Waals surface area contributed by atoms with Crippen molar-refractivity contribution in [1.82, 2.24) is 0 Å². The molecule has 7 heteroatoms. The molecule has 0 aliphatic carbocycles. The molecule has 66 valence electrons. The van der Waals surface area contributed by atoms with Gasteiger partial charge in [0.2, 0.25) is 5.90 Å². The van der Waals surface area contributed by atoms with Crippen LogP contribution >= 0.6 is 44.0 Å². The van der Waals surface area contributed by atoms with E-state index < -0.39 is 9.80 Å². The highest BCUT2D eigenvalue weighted by molar-refractivity contribution is 8.82. The molecule has 0 amide bonds. The highest BCUT2D eigenvalue weighted by Crippen LogP contribution is 2.44. The van der Waals surface area contributed by atoms with Gasteiger partial charge in [0.05, 0.1) is 11.0 Å². The van der Waals surface area contributed by atoms with Crippen LogP contribution in [0.25, 0.3) is 0 Å². The Kier molecular flexibility index (Phi) is 2.64. The van der Waals surface area contributed by atoms with Crippen LogP contribution in [0.1, 0.15) is 6.42 Å². The van der Waals surface area contributed by atoms with Crippen molar-refractivity contribution in [3.8, 4) is 0 Å². The quantitative estimate of drug-likeness (QED) is 0.323. The van der Waals surface area contributed by atoms with Gasteiger partial charge >= 0.3 is 0 Å². The zero-order chi connectivity index (χ0) is 8.55. The number of halogens is 2. The van der Waals surface area contributed by atoms with E-state index in [0.29, 0.717) is 23.4 Å². The van der Waals surface area contributed by atoms with Gasteiger partial charge in [-0.2, -0.15) is 4.40 Å². The Morgan fingerprint density at radius 1 is 1.58 bits per heavy atom. The van der Waals surface area contributed by atoms with Crippen LogP contribution in [-0.4, -0.2) is 21.9 Å². The van der Waals surface area contributed by atoms with Crippen LogP contribution in [0.5, 0.6) is 0 Å². The van der Waals surface area contributed by atoms with Crippen molar-refractivity contribution in [3.63, 3.8) is 0 Å². The molecular formula is C5H4Cl2N2OS2. The molecule has 0 spiro atoms. The number of aliphatic imine (C=N–C) groups is 1. The van der Waals surface area contributed by atoms with Gasteiger partial charge in [-0.1, -0.05) is 11.6 Å². The van der Waals surface area contributed by atoms with Crippen molar-refractivity contribution in [2.45, 2.75) is 6.42 Å². The normalized spacial score (nSPS) is 26.5. The van der Waals surface area contributed by atoms with Crippen LogP contribution in [0.3, 0.4) is 0 Å². The predicted octanol–water partition coefficient (Wildman–Crippen LogP) is 2.57. The van der Waals surface area contributed by atoms with E-state index >= 15 is 0 Å². The molecule has 0 bridgehead atoms. The minimum absolute atomic E-state index is 0.394. The average Bonchev–Trinajstić information content (AvgIpc) is 2.55. The van der Waals surface area contributed by atoms with Gasteiger partial charge in [0.25, 0.3) is 0 Å². The van der Waals surface area contributed by atoms with Gasteiger partial charge in [0, 0.05) is 12.3 Å². The molecule has 0 N–H and O–H groups in total. The molecule has 0 saturated carbocycles. The standard InChI is InChI=1S/C5H4Cl2N2OS2/c6-2-1-3-8-5-4(7)9-11-12(5)10-3/h1-2H2. The summed E-state index contributed by atoms with van der Waals surface area (Å²) in [7, 11) is 0.923. The summed E-state index contributed by atoms with van der Waals surface area (Å²) in [6.45, 7) is 0. The first-order valence-electron chi connectivity index (χ1n) is 3.15. The molecule has 2 aliphatic heterocycles. The maximum Gasteiger partial charge on any atom is 0.206 e. The Morgan fingerprint density at radius 2 is 2.42 bits per heavy atom. The third-order valence-corrected chi connectivity index (χ3v) is 4.53. The fraction of sp³-hybridized carbons (Fsp3) is 0.400. The second-order valence-electron chi connectivity index (χ2n) is 2.02. The van der Waals surface area contributed by atoms with Crippen molar-refractivity contribution in [1.29, 1.82) is 0 Å². The Bertz CT molecular complexity index is 313. The van der Waals surface area contributed by atoms with Crippen molar-refractivity contribution >= 4 is 60.0 Å². The minimum Gasteiger partial charge on any atom is -0.404 e. The zero-order valence-corrected chi connectivity index (χ0v) is 8.93. The van der Waals surface area contributed by atoms with Gasteiger partial charge in [-0.3, -0.25) is 0 Å². The topological polar surface area (TPSA) is 34.0 Å². The SMILES string of the molecule is ClCCC1=NC2=S(O1)SN=C2Cl. The summed E-state index contributed by atoms with van der Waals surface area (Å²) in [5.41, 5.74) is 0. The van der Waals surface area contributed by atoms with Crippen LogP contribution in [0.2, 0.25) is 0 Å². The van der Waals surface area contributed by atoms with Crippen LogP contribution in [0, 0.1) is 0 Å².